The molecule has 1 heterocycles. The Labute approximate surface area is 181 Å². The Balaban J connectivity index is 1.81. The number of aryl methyl sites for hydroxylation is 2. The molecule has 0 aliphatic heterocycles. The lowest BCUT2D eigenvalue weighted by Gasteiger charge is -2.15. The zero-order valence-corrected chi connectivity index (χ0v) is 18.2. The molecule has 0 fully saturated rings. The number of pyridine rings is 1. The van der Waals surface area contributed by atoms with Crippen LogP contribution >= 0.6 is 11.8 Å². The second kappa shape index (κ2) is 9.47. The standard InChI is InChI=1S/C24H23N3O2S/c1-15-5-6-16(2)22(13-15)26-23(28)17(3)30-24-19(14-25)9-12-21(27-24)18-7-10-20(29-4)11-8-18/h5-13,17H,1-4H3,(H,26,28). The van der Waals surface area contributed by atoms with Crippen molar-refractivity contribution in [2.75, 3.05) is 12.4 Å². The van der Waals surface area contributed by atoms with Gasteiger partial charge in [-0.3, -0.25) is 4.79 Å². The SMILES string of the molecule is COc1ccc(-c2ccc(C#N)c(SC(C)C(=O)Nc3cc(C)ccc3C)n2)cc1. The van der Waals surface area contributed by atoms with Crippen LogP contribution in [-0.2, 0) is 4.79 Å². The number of anilines is 1. The van der Waals surface area contributed by atoms with E-state index in [1.807, 2.05) is 69.3 Å². The van der Waals surface area contributed by atoms with Gasteiger partial charge in [-0.25, -0.2) is 4.98 Å². The molecule has 0 radical (unpaired) electrons. The first-order valence-corrected chi connectivity index (χ1v) is 10.4. The number of benzene rings is 2. The highest BCUT2D eigenvalue weighted by Gasteiger charge is 2.19. The number of carbonyl (C=O) groups is 1. The van der Waals surface area contributed by atoms with Crippen molar-refractivity contribution in [2.24, 2.45) is 0 Å². The molecule has 2 aromatic carbocycles. The molecular formula is C24H23N3O2S. The smallest absolute Gasteiger partial charge is 0.237 e. The Hall–Kier alpha value is -3.30. The van der Waals surface area contributed by atoms with Crippen LogP contribution in [0, 0.1) is 25.2 Å². The molecule has 0 spiro atoms. The molecule has 0 bridgehead atoms. The highest BCUT2D eigenvalue weighted by atomic mass is 32.2. The fourth-order valence-corrected chi connectivity index (χ4v) is 3.76. The maximum Gasteiger partial charge on any atom is 0.237 e. The molecule has 3 rings (SSSR count). The summed E-state index contributed by atoms with van der Waals surface area (Å²) in [5.41, 5.74) is 4.98. The number of ether oxygens (including phenoxy) is 1. The number of carbonyl (C=O) groups excluding carboxylic acids is 1. The van der Waals surface area contributed by atoms with Gasteiger partial charge in [0.05, 0.1) is 23.6 Å². The Bertz CT molecular complexity index is 1100. The van der Waals surface area contributed by atoms with Crippen LogP contribution in [0.15, 0.2) is 59.6 Å². The molecule has 0 saturated heterocycles. The molecule has 0 aliphatic carbocycles. The van der Waals surface area contributed by atoms with Crippen LogP contribution in [0.3, 0.4) is 0 Å². The van der Waals surface area contributed by atoms with Crippen LogP contribution in [-0.4, -0.2) is 23.3 Å². The predicted molar refractivity (Wildman–Crippen MR) is 121 cm³/mol. The molecule has 1 atom stereocenters. The molecule has 0 saturated carbocycles. The number of rotatable bonds is 6. The number of amides is 1. The van der Waals surface area contributed by atoms with Gasteiger partial charge in [-0.05, 0) is 74.4 Å². The Kier molecular flexibility index (Phi) is 6.76. The highest BCUT2D eigenvalue weighted by Crippen LogP contribution is 2.30. The lowest BCUT2D eigenvalue weighted by molar-refractivity contribution is -0.115. The van der Waals surface area contributed by atoms with Crippen molar-refractivity contribution in [3.63, 3.8) is 0 Å². The maximum atomic E-state index is 12.7. The Morgan fingerprint density at radius 3 is 2.53 bits per heavy atom. The van der Waals surface area contributed by atoms with Crippen LogP contribution in [0.4, 0.5) is 5.69 Å². The average molecular weight is 418 g/mol. The van der Waals surface area contributed by atoms with Crippen LogP contribution in [0.5, 0.6) is 5.75 Å². The number of aromatic nitrogens is 1. The van der Waals surface area contributed by atoms with Crippen LogP contribution in [0.25, 0.3) is 11.3 Å². The van der Waals surface area contributed by atoms with E-state index in [0.717, 1.165) is 33.8 Å². The van der Waals surface area contributed by atoms with Crippen molar-refractivity contribution < 1.29 is 9.53 Å². The van der Waals surface area contributed by atoms with Crippen LogP contribution < -0.4 is 10.1 Å². The zero-order chi connectivity index (χ0) is 21.7. The molecule has 6 heteroatoms. The lowest BCUT2D eigenvalue weighted by atomic mass is 10.1. The second-order valence-electron chi connectivity index (χ2n) is 6.96. The molecule has 1 N–H and O–H groups in total. The van der Waals surface area contributed by atoms with Gasteiger partial charge in [0.2, 0.25) is 5.91 Å². The minimum Gasteiger partial charge on any atom is -0.497 e. The molecule has 5 nitrogen and oxygen atoms in total. The summed E-state index contributed by atoms with van der Waals surface area (Å²) in [6.45, 7) is 5.76. The van der Waals surface area contributed by atoms with Crippen LogP contribution in [0.2, 0.25) is 0 Å². The van der Waals surface area contributed by atoms with Crippen molar-refractivity contribution in [1.29, 1.82) is 5.26 Å². The molecule has 1 unspecified atom stereocenters. The first-order chi connectivity index (χ1) is 14.4. The van der Waals surface area contributed by atoms with E-state index in [1.54, 1.807) is 13.2 Å². The number of nitrogens with one attached hydrogen (secondary N) is 1. The van der Waals surface area contributed by atoms with Crippen molar-refractivity contribution in [3.05, 3.63) is 71.3 Å². The van der Waals surface area contributed by atoms with Gasteiger partial charge in [0, 0.05) is 11.3 Å². The van der Waals surface area contributed by atoms with E-state index < -0.39 is 5.25 Å². The van der Waals surface area contributed by atoms with Gasteiger partial charge in [-0.2, -0.15) is 5.26 Å². The summed E-state index contributed by atoms with van der Waals surface area (Å²) in [6, 6.07) is 19.2. The van der Waals surface area contributed by atoms with E-state index in [9.17, 15) is 10.1 Å². The van der Waals surface area contributed by atoms with Gasteiger partial charge in [0.25, 0.3) is 0 Å². The van der Waals surface area contributed by atoms with Crippen molar-refractivity contribution in [2.45, 2.75) is 31.0 Å². The average Bonchev–Trinajstić information content (AvgIpc) is 2.76. The number of nitrogens with zero attached hydrogens (tertiary/aromatic N) is 2. The highest BCUT2D eigenvalue weighted by molar-refractivity contribution is 8.00. The number of methoxy groups -OCH3 is 1. The summed E-state index contributed by atoms with van der Waals surface area (Å²) in [4.78, 5) is 17.4. The molecule has 152 valence electrons. The number of nitriles is 1. The van der Waals surface area contributed by atoms with E-state index in [4.69, 9.17) is 4.74 Å². The third kappa shape index (κ3) is 5.00. The number of hydrogen-bond acceptors (Lipinski definition) is 5. The normalized spacial score (nSPS) is 11.4. The molecule has 30 heavy (non-hydrogen) atoms. The molecule has 1 amide bonds. The first-order valence-electron chi connectivity index (χ1n) is 9.51. The van der Waals surface area contributed by atoms with Gasteiger partial charge in [-0.1, -0.05) is 23.9 Å². The van der Waals surface area contributed by atoms with Gasteiger partial charge in [0.1, 0.15) is 16.8 Å². The Morgan fingerprint density at radius 1 is 1.13 bits per heavy atom. The summed E-state index contributed by atoms with van der Waals surface area (Å²) >= 11 is 1.28. The van der Waals surface area contributed by atoms with Gasteiger partial charge >= 0.3 is 0 Å². The summed E-state index contributed by atoms with van der Waals surface area (Å²) in [6.07, 6.45) is 0. The van der Waals surface area contributed by atoms with Gasteiger partial charge < -0.3 is 10.1 Å². The topological polar surface area (TPSA) is 75.0 Å². The molecule has 3 aromatic rings. The summed E-state index contributed by atoms with van der Waals surface area (Å²) in [5, 5.41) is 12.6. The minimum absolute atomic E-state index is 0.130. The lowest BCUT2D eigenvalue weighted by Crippen LogP contribution is -2.23. The fourth-order valence-electron chi connectivity index (χ4n) is 2.86. The maximum absolute atomic E-state index is 12.7. The van der Waals surface area contributed by atoms with E-state index in [1.165, 1.54) is 11.8 Å². The fraction of sp³-hybridized carbons (Fsp3) is 0.208. The van der Waals surface area contributed by atoms with Gasteiger partial charge in [-0.15, -0.1) is 0 Å². The number of hydrogen-bond donors (Lipinski definition) is 1. The quantitative estimate of drug-likeness (QED) is 0.546. The molecule has 1 aromatic heterocycles. The zero-order valence-electron chi connectivity index (χ0n) is 17.4. The van der Waals surface area contributed by atoms with Crippen molar-refractivity contribution in [1.82, 2.24) is 4.98 Å². The van der Waals surface area contributed by atoms with Gasteiger partial charge in [0.15, 0.2) is 0 Å². The van der Waals surface area contributed by atoms with Crippen molar-refractivity contribution >= 4 is 23.4 Å². The third-order valence-electron chi connectivity index (χ3n) is 4.68. The first kappa shape index (κ1) is 21.4. The van der Waals surface area contributed by atoms with E-state index >= 15 is 0 Å². The molecular weight excluding hydrogens is 394 g/mol. The minimum atomic E-state index is -0.421. The number of thioether (sulfide) groups is 1. The second-order valence-corrected chi connectivity index (χ2v) is 8.29. The Morgan fingerprint density at radius 2 is 1.87 bits per heavy atom. The van der Waals surface area contributed by atoms with Crippen molar-refractivity contribution in [3.8, 4) is 23.1 Å². The summed E-state index contributed by atoms with van der Waals surface area (Å²) < 4.78 is 5.20. The summed E-state index contributed by atoms with van der Waals surface area (Å²) in [7, 11) is 1.62. The monoisotopic (exact) mass is 417 g/mol. The van der Waals surface area contributed by atoms with Crippen LogP contribution in [0.1, 0.15) is 23.6 Å². The largest absolute Gasteiger partial charge is 0.497 e. The van der Waals surface area contributed by atoms with E-state index in [-0.39, 0.29) is 5.91 Å². The van der Waals surface area contributed by atoms with E-state index in [0.29, 0.717) is 10.6 Å². The molecule has 0 aliphatic rings. The van der Waals surface area contributed by atoms with E-state index in [2.05, 4.69) is 16.4 Å². The third-order valence-corrected chi connectivity index (χ3v) is 5.78. The predicted octanol–water partition coefficient (Wildman–Crippen LogP) is 5.37. The summed E-state index contributed by atoms with van der Waals surface area (Å²) in [5.74, 6) is 0.632.